The summed E-state index contributed by atoms with van der Waals surface area (Å²) in [4.78, 5) is 54.7. The second-order valence-electron chi connectivity index (χ2n) is 9.92. The highest BCUT2D eigenvalue weighted by molar-refractivity contribution is 9.10. The second kappa shape index (κ2) is 11.7. The molecule has 3 amide bonds. The molecule has 3 atom stereocenters. The Morgan fingerprint density at radius 3 is 2.34 bits per heavy atom. The molecule has 7 nitrogen and oxygen atoms in total. The number of amides is 3. The Labute approximate surface area is 274 Å². The minimum atomic E-state index is -4.82. The van der Waals surface area contributed by atoms with Crippen LogP contribution >= 0.6 is 62.2 Å². The molecule has 0 aliphatic carbocycles. The maximum atomic E-state index is 14.0. The van der Waals surface area contributed by atoms with Crippen LogP contribution in [0.3, 0.4) is 0 Å². The van der Waals surface area contributed by atoms with Gasteiger partial charge in [0.15, 0.2) is 0 Å². The first-order valence-corrected chi connectivity index (χ1v) is 16.0. The van der Waals surface area contributed by atoms with Crippen molar-refractivity contribution in [2.24, 2.45) is 5.92 Å². The first-order chi connectivity index (χ1) is 20.8. The van der Waals surface area contributed by atoms with Crippen LogP contribution < -0.4 is 15.1 Å². The maximum absolute atomic E-state index is 14.0. The fourth-order valence-corrected chi connectivity index (χ4v) is 8.68. The third-order valence-corrected chi connectivity index (χ3v) is 11.1. The summed E-state index contributed by atoms with van der Waals surface area (Å²) in [6, 6.07) is 15.8. The van der Waals surface area contributed by atoms with Gasteiger partial charge in [-0.3, -0.25) is 23.7 Å². The third-order valence-electron chi connectivity index (χ3n) is 7.23. The van der Waals surface area contributed by atoms with Gasteiger partial charge < -0.3 is 5.32 Å². The lowest BCUT2D eigenvalue weighted by atomic mass is 9.83. The predicted octanol–water partition coefficient (Wildman–Crippen LogP) is 7.43. The number of halogens is 6. The number of para-hydroxylation sites is 1. The average molecular weight is 743 g/mol. The largest absolute Gasteiger partial charge is 0.418 e. The van der Waals surface area contributed by atoms with Crippen LogP contribution in [0.25, 0.3) is 0 Å². The van der Waals surface area contributed by atoms with Crippen LogP contribution in [0.5, 0.6) is 0 Å². The molecule has 226 valence electrons. The van der Waals surface area contributed by atoms with Gasteiger partial charge in [0.1, 0.15) is 11.8 Å². The van der Waals surface area contributed by atoms with E-state index in [0.717, 1.165) is 39.7 Å². The summed E-state index contributed by atoms with van der Waals surface area (Å²) in [7, 11) is 0. The number of nitrogens with zero attached hydrogens (tertiary/aromatic N) is 2. The second-order valence-corrected chi connectivity index (χ2v) is 13.8. The lowest BCUT2D eigenvalue weighted by Crippen LogP contribution is -2.33. The highest BCUT2D eigenvalue weighted by Gasteiger charge is 2.57. The molecule has 15 heteroatoms. The van der Waals surface area contributed by atoms with Crippen LogP contribution in [0, 0.1) is 5.92 Å². The van der Waals surface area contributed by atoms with Crippen molar-refractivity contribution >= 4 is 91.3 Å². The summed E-state index contributed by atoms with van der Waals surface area (Å²) in [6.45, 7) is -0.425. The molecule has 3 aromatic carbocycles. The van der Waals surface area contributed by atoms with Gasteiger partial charge in [-0.25, -0.2) is 4.90 Å². The molecular formula is C29H17BrCl2F3N3O4S2. The summed E-state index contributed by atoms with van der Waals surface area (Å²) >= 11 is 17.1. The Hall–Kier alpha value is -3.10. The summed E-state index contributed by atoms with van der Waals surface area (Å²) in [5.41, 5.74) is -0.736. The molecule has 6 rings (SSSR count). The number of hydrogen-bond acceptors (Lipinski definition) is 6. The number of anilines is 2. The van der Waals surface area contributed by atoms with Gasteiger partial charge in [-0.2, -0.15) is 13.2 Å². The maximum Gasteiger partial charge on any atom is 0.418 e. The van der Waals surface area contributed by atoms with Gasteiger partial charge in [-0.05, 0) is 48.0 Å². The Kier molecular flexibility index (Phi) is 8.20. The van der Waals surface area contributed by atoms with Crippen molar-refractivity contribution in [1.29, 1.82) is 0 Å². The van der Waals surface area contributed by atoms with E-state index in [1.165, 1.54) is 34.9 Å². The van der Waals surface area contributed by atoms with Crippen LogP contribution in [0.1, 0.15) is 21.9 Å². The van der Waals surface area contributed by atoms with Crippen LogP contribution in [0.4, 0.5) is 24.5 Å². The number of imide groups is 1. The molecule has 1 aromatic heterocycles. The normalized spacial score (nSPS) is 19.6. The summed E-state index contributed by atoms with van der Waals surface area (Å²) < 4.78 is 43.8. The van der Waals surface area contributed by atoms with E-state index >= 15 is 0 Å². The first-order valence-electron chi connectivity index (χ1n) is 12.8. The number of benzene rings is 3. The zero-order valence-electron chi connectivity index (χ0n) is 21.9. The first kappa shape index (κ1) is 30.9. The Morgan fingerprint density at radius 2 is 1.66 bits per heavy atom. The van der Waals surface area contributed by atoms with E-state index in [1.807, 2.05) is 0 Å². The Balaban J connectivity index is 1.42. The number of rotatable bonds is 5. The SMILES string of the molecule is O=C(Cn1c2c(sc1=O)C(c1ccc(Br)cc1)C1C(=O)N(c3ccccc3C(F)(F)F)C(=O)C1S2)Nc1ccc(Cl)c(Cl)c1. The number of aromatic nitrogens is 1. The molecule has 0 spiro atoms. The van der Waals surface area contributed by atoms with Crippen molar-refractivity contribution in [3.8, 4) is 0 Å². The van der Waals surface area contributed by atoms with E-state index in [4.69, 9.17) is 23.2 Å². The highest BCUT2D eigenvalue weighted by atomic mass is 79.9. The molecule has 4 aromatic rings. The molecule has 1 N–H and O–H groups in total. The van der Waals surface area contributed by atoms with Gasteiger partial charge in [-0.1, -0.05) is 86.5 Å². The van der Waals surface area contributed by atoms with E-state index in [0.29, 0.717) is 31.1 Å². The van der Waals surface area contributed by atoms with Crippen molar-refractivity contribution < 1.29 is 27.6 Å². The number of carbonyl (C=O) groups excluding carboxylic acids is 3. The van der Waals surface area contributed by atoms with Gasteiger partial charge in [0.2, 0.25) is 17.7 Å². The average Bonchev–Trinajstić information content (AvgIpc) is 3.41. The van der Waals surface area contributed by atoms with Gasteiger partial charge >= 0.3 is 11.0 Å². The number of fused-ring (bicyclic) bond motifs is 2. The number of carbonyl (C=O) groups is 3. The monoisotopic (exact) mass is 741 g/mol. The quantitative estimate of drug-likeness (QED) is 0.215. The smallest absolute Gasteiger partial charge is 0.324 e. The van der Waals surface area contributed by atoms with Crippen LogP contribution in [0.15, 0.2) is 81.0 Å². The van der Waals surface area contributed by atoms with Gasteiger partial charge in [-0.15, -0.1) is 0 Å². The van der Waals surface area contributed by atoms with Gasteiger partial charge in [0, 0.05) is 21.0 Å². The molecule has 3 unspecified atom stereocenters. The number of alkyl halides is 3. The topological polar surface area (TPSA) is 88.5 Å². The zero-order valence-corrected chi connectivity index (χ0v) is 26.6. The van der Waals surface area contributed by atoms with Crippen molar-refractivity contribution in [2.75, 3.05) is 10.2 Å². The Morgan fingerprint density at radius 1 is 0.955 bits per heavy atom. The van der Waals surface area contributed by atoms with Crippen molar-refractivity contribution in [3.05, 3.63) is 107 Å². The minimum Gasteiger partial charge on any atom is -0.324 e. The lowest BCUT2D eigenvalue weighted by molar-refractivity contribution is -0.137. The zero-order chi connectivity index (χ0) is 31.5. The van der Waals surface area contributed by atoms with Crippen molar-refractivity contribution in [1.82, 2.24) is 4.57 Å². The number of hydrogen-bond donors (Lipinski definition) is 1. The fourth-order valence-electron chi connectivity index (χ4n) is 5.35. The predicted molar refractivity (Wildman–Crippen MR) is 167 cm³/mol. The molecule has 0 radical (unpaired) electrons. The molecule has 1 saturated heterocycles. The molecule has 0 saturated carbocycles. The summed E-state index contributed by atoms with van der Waals surface area (Å²) in [6.07, 6.45) is -4.82. The lowest BCUT2D eigenvalue weighted by Gasteiger charge is -2.30. The molecule has 3 heterocycles. The number of thioether (sulfide) groups is 1. The van der Waals surface area contributed by atoms with E-state index in [2.05, 4.69) is 21.2 Å². The van der Waals surface area contributed by atoms with Crippen molar-refractivity contribution in [2.45, 2.75) is 28.9 Å². The molecule has 44 heavy (non-hydrogen) atoms. The standard InChI is InChI=1S/C29H17BrCl2F3N3O4S2/c30-14-7-5-13(6-8-14)21-22-23(26(41)38(25(22)40)19-4-2-1-3-16(19)29(33,34)35)43-27-24(21)44-28(42)37(27)12-20(39)36-15-9-10-17(31)18(32)11-15/h1-11,21-23H,12H2,(H,36,39). The van der Waals surface area contributed by atoms with E-state index in [9.17, 15) is 32.3 Å². The van der Waals surface area contributed by atoms with E-state index in [1.54, 1.807) is 24.3 Å². The van der Waals surface area contributed by atoms with Gasteiger partial charge in [0.25, 0.3) is 0 Å². The molecule has 0 bridgehead atoms. The van der Waals surface area contributed by atoms with Gasteiger partial charge in [0.05, 0.1) is 32.2 Å². The third kappa shape index (κ3) is 5.49. The van der Waals surface area contributed by atoms with Crippen LogP contribution in [-0.4, -0.2) is 27.5 Å². The Bertz CT molecular complexity index is 1900. The summed E-state index contributed by atoms with van der Waals surface area (Å²) in [5, 5.41) is 2.31. The minimum absolute atomic E-state index is 0.217. The van der Waals surface area contributed by atoms with Crippen LogP contribution in [-0.2, 0) is 27.1 Å². The number of nitrogens with one attached hydrogen (secondary N) is 1. The highest BCUT2D eigenvalue weighted by Crippen LogP contribution is 2.54. The molecular weight excluding hydrogens is 726 g/mol. The number of thiazole rings is 1. The van der Waals surface area contributed by atoms with Crippen molar-refractivity contribution in [3.63, 3.8) is 0 Å². The fraction of sp³-hybridized carbons (Fsp3) is 0.172. The van der Waals surface area contributed by atoms with E-state index < -0.39 is 63.7 Å². The molecule has 2 aliphatic rings. The van der Waals surface area contributed by atoms with E-state index in [-0.39, 0.29) is 5.02 Å². The molecule has 1 fully saturated rings. The van der Waals surface area contributed by atoms with Crippen LogP contribution in [0.2, 0.25) is 10.0 Å². The summed E-state index contributed by atoms with van der Waals surface area (Å²) in [5.74, 6) is -4.13. The molecule has 2 aliphatic heterocycles.